The van der Waals surface area contributed by atoms with Gasteiger partial charge in [-0.25, -0.2) is 14.1 Å². The zero-order valence-corrected chi connectivity index (χ0v) is 19.8. The fourth-order valence-corrected chi connectivity index (χ4v) is 3.98. The molecule has 2 aromatic heterocycles. The number of amides is 2. The second kappa shape index (κ2) is 9.68. The zero-order chi connectivity index (χ0) is 27.8. The lowest BCUT2D eigenvalue weighted by Crippen LogP contribution is -2.40. The number of ether oxygens (including phenoxy) is 1. The van der Waals surface area contributed by atoms with Gasteiger partial charge in [-0.1, -0.05) is 5.22 Å². The summed E-state index contributed by atoms with van der Waals surface area (Å²) >= 11 is 0. The minimum Gasteiger partial charge on any atom is -0.489 e. The van der Waals surface area contributed by atoms with Crippen molar-refractivity contribution >= 4 is 11.8 Å². The van der Waals surface area contributed by atoms with Gasteiger partial charge in [-0.15, -0.1) is 0 Å². The number of alkyl halides is 3. The second-order valence-electron chi connectivity index (χ2n) is 8.82. The molecule has 0 unspecified atom stereocenters. The lowest BCUT2D eigenvalue weighted by molar-refractivity contribution is -0.149. The monoisotopic (exact) mass is 531 g/mol. The number of nitrogens with one attached hydrogen (secondary N) is 3. The molecule has 1 aromatic carbocycles. The lowest BCUT2D eigenvalue weighted by atomic mass is 9.82. The van der Waals surface area contributed by atoms with Crippen molar-refractivity contribution in [1.29, 1.82) is 10.9 Å². The molecule has 3 heterocycles. The van der Waals surface area contributed by atoms with E-state index in [4.69, 9.17) is 21.4 Å². The van der Waals surface area contributed by atoms with Crippen LogP contribution in [-0.2, 0) is 10.2 Å². The third kappa shape index (κ3) is 4.84. The van der Waals surface area contributed by atoms with Gasteiger partial charge in [0.25, 0.3) is 5.91 Å². The number of nitrogens with two attached hydrogens (primary N) is 1. The average Bonchev–Trinajstić information content (AvgIpc) is 3.21. The summed E-state index contributed by atoms with van der Waals surface area (Å²) in [7, 11) is 0. The molecule has 0 spiro atoms. The van der Waals surface area contributed by atoms with Crippen molar-refractivity contribution in [3.05, 3.63) is 76.8 Å². The summed E-state index contributed by atoms with van der Waals surface area (Å²) in [4.78, 5) is 29.0. The molecule has 2 amide bonds. The Kier molecular flexibility index (Phi) is 6.74. The number of pyridine rings is 2. The van der Waals surface area contributed by atoms with Crippen molar-refractivity contribution in [2.24, 2.45) is 11.0 Å². The van der Waals surface area contributed by atoms with E-state index in [1.54, 1.807) is 0 Å². The van der Waals surface area contributed by atoms with E-state index >= 15 is 0 Å². The van der Waals surface area contributed by atoms with E-state index in [0.717, 1.165) is 35.1 Å². The first-order chi connectivity index (χ1) is 17.8. The number of benzene rings is 1. The highest BCUT2D eigenvalue weighted by Gasteiger charge is 2.47. The van der Waals surface area contributed by atoms with Crippen LogP contribution in [-0.4, -0.2) is 40.8 Å². The van der Waals surface area contributed by atoms with Crippen molar-refractivity contribution in [2.45, 2.75) is 24.4 Å². The third-order valence-electron chi connectivity index (χ3n) is 6.27. The molecule has 4 rings (SSSR count). The predicted octanol–water partition coefficient (Wildman–Crippen LogP) is 3.17. The molecule has 10 nitrogen and oxygen atoms in total. The molecule has 3 aromatic rings. The van der Waals surface area contributed by atoms with Crippen LogP contribution in [0, 0.1) is 16.8 Å². The Morgan fingerprint density at radius 1 is 1.26 bits per heavy atom. The number of rotatable bonds is 7. The van der Waals surface area contributed by atoms with Crippen LogP contribution >= 0.6 is 0 Å². The third-order valence-corrected chi connectivity index (χ3v) is 6.27. The van der Waals surface area contributed by atoms with Gasteiger partial charge in [0.15, 0.2) is 0 Å². The van der Waals surface area contributed by atoms with Gasteiger partial charge in [0.05, 0.1) is 11.3 Å². The minimum absolute atomic E-state index is 0.0350. The molecule has 0 aliphatic carbocycles. The first kappa shape index (κ1) is 26.4. The molecule has 14 heteroatoms. The molecular formula is C24H21F4N7O3. The number of primary amides is 1. The van der Waals surface area contributed by atoms with Crippen molar-refractivity contribution < 1.29 is 31.9 Å². The van der Waals surface area contributed by atoms with Crippen LogP contribution in [0.5, 0.6) is 5.75 Å². The van der Waals surface area contributed by atoms with Crippen LogP contribution < -0.4 is 21.3 Å². The topological polar surface area (TPSA) is 159 Å². The Morgan fingerprint density at radius 2 is 1.95 bits per heavy atom. The van der Waals surface area contributed by atoms with Crippen molar-refractivity contribution in [3.8, 4) is 17.0 Å². The lowest BCUT2D eigenvalue weighted by Gasteiger charge is -2.24. The number of carbonyl (C=O) groups is 2. The number of carbonyl (C=O) groups excluding carboxylic acids is 2. The fourth-order valence-electron chi connectivity index (χ4n) is 3.98. The number of hydrogen-bond donors (Lipinski definition) is 4. The van der Waals surface area contributed by atoms with E-state index in [2.05, 4.69) is 15.5 Å². The first-order valence-electron chi connectivity index (χ1n) is 11.1. The van der Waals surface area contributed by atoms with Gasteiger partial charge in [-0.2, -0.15) is 18.7 Å². The summed E-state index contributed by atoms with van der Waals surface area (Å²) in [6, 6.07) is 8.31. The Balaban J connectivity index is 1.77. The highest BCUT2D eigenvalue weighted by atomic mass is 19.4. The van der Waals surface area contributed by atoms with Gasteiger partial charge >= 0.3 is 6.18 Å². The molecule has 0 bridgehead atoms. The standard InChI is InChI=1S/C24H21F4N7O3/c1-23(22(30)37)11-38-20-15(23)8-17(33-19(20)12-2-5-14(25)6-3-12)16(24(26,27)28)9-32-21(36)13-4-7-18(29)35(10-13)34-31/h2-8,10,16,29,31H,9,11H2,1H3,(H2,30,37)(H,32,36)/t16-,23+/m1/s1. The molecule has 38 heavy (non-hydrogen) atoms. The second-order valence-corrected chi connectivity index (χ2v) is 8.82. The summed E-state index contributed by atoms with van der Waals surface area (Å²) in [5.74, 6) is -4.54. The maximum Gasteiger partial charge on any atom is 0.398 e. The van der Waals surface area contributed by atoms with Crippen molar-refractivity contribution in [2.75, 3.05) is 13.2 Å². The number of halogens is 4. The summed E-state index contributed by atoms with van der Waals surface area (Å²) in [5.41, 5.74) is 10.6. The molecule has 0 saturated carbocycles. The highest BCUT2D eigenvalue weighted by molar-refractivity contribution is 5.94. The summed E-state index contributed by atoms with van der Waals surface area (Å²) in [6.07, 6.45) is -3.85. The molecule has 1 aliphatic heterocycles. The van der Waals surface area contributed by atoms with E-state index in [1.165, 1.54) is 25.1 Å². The smallest absolute Gasteiger partial charge is 0.398 e. The number of aromatic nitrogens is 2. The molecule has 0 saturated heterocycles. The van der Waals surface area contributed by atoms with Crippen LogP contribution in [0.1, 0.15) is 34.5 Å². The maximum atomic E-state index is 14.3. The summed E-state index contributed by atoms with van der Waals surface area (Å²) < 4.78 is 62.8. The molecule has 1 aliphatic rings. The van der Waals surface area contributed by atoms with Crippen LogP contribution in [0.4, 0.5) is 17.6 Å². The average molecular weight is 531 g/mol. The number of hydrogen-bond acceptors (Lipinski definition) is 7. The molecule has 198 valence electrons. The Labute approximate surface area is 212 Å². The molecule has 0 radical (unpaired) electrons. The van der Waals surface area contributed by atoms with E-state index in [-0.39, 0.29) is 40.2 Å². The summed E-state index contributed by atoms with van der Waals surface area (Å²) in [5, 5.41) is 12.8. The van der Waals surface area contributed by atoms with Gasteiger partial charge < -0.3 is 15.8 Å². The van der Waals surface area contributed by atoms with Crippen molar-refractivity contribution in [1.82, 2.24) is 15.0 Å². The number of nitrogens with zero attached hydrogens (tertiary/aromatic N) is 3. The van der Waals surface area contributed by atoms with Gasteiger partial charge in [0, 0.05) is 23.9 Å². The largest absolute Gasteiger partial charge is 0.489 e. The van der Waals surface area contributed by atoms with Gasteiger partial charge in [0.1, 0.15) is 40.7 Å². The van der Waals surface area contributed by atoms with Gasteiger partial charge in [-0.05, 0) is 49.4 Å². The molecule has 2 atom stereocenters. The van der Waals surface area contributed by atoms with E-state index in [1.807, 2.05) is 0 Å². The van der Waals surface area contributed by atoms with Crippen LogP contribution in [0.15, 0.2) is 53.9 Å². The van der Waals surface area contributed by atoms with E-state index in [0.29, 0.717) is 0 Å². The summed E-state index contributed by atoms with van der Waals surface area (Å²) in [6.45, 7) is 0.287. The van der Waals surface area contributed by atoms with E-state index in [9.17, 15) is 27.2 Å². The first-order valence-corrected chi connectivity index (χ1v) is 11.1. The highest BCUT2D eigenvalue weighted by Crippen LogP contribution is 2.46. The Morgan fingerprint density at radius 3 is 2.55 bits per heavy atom. The van der Waals surface area contributed by atoms with Gasteiger partial charge in [0.2, 0.25) is 5.91 Å². The van der Waals surface area contributed by atoms with Crippen LogP contribution in [0.3, 0.4) is 0 Å². The Hall–Kier alpha value is -4.62. The van der Waals surface area contributed by atoms with Gasteiger partial charge in [-0.3, -0.25) is 15.0 Å². The number of fused-ring (bicyclic) bond motifs is 1. The van der Waals surface area contributed by atoms with Crippen molar-refractivity contribution in [3.63, 3.8) is 0 Å². The predicted molar refractivity (Wildman–Crippen MR) is 124 cm³/mol. The normalized spacial score (nSPS) is 17.3. The maximum absolute atomic E-state index is 14.3. The van der Waals surface area contributed by atoms with E-state index < -0.39 is 47.4 Å². The van der Waals surface area contributed by atoms with Crippen LogP contribution in [0.25, 0.3) is 11.3 Å². The molecular weight excluding hydrogens is 510 g/mol. The molecule has 0 fully saturated rings. The zero-order valence-electron chi connectivity index (χ0n) is 19.8. The quantitative estimate of drug-likeness (QED) is 0.273. The Bertz CT molecular complexity index is 1490. The SMILES string of the molecule is C[C@]1(C(N)=O)COc2c1cc([C@@H](CNC(=O)c1ccc(=N)n(N=N)c1)C(F)(F)F)nc2-c1ccc(F)cc1. The minimum atomic E-state index is -4.88. The fraction of sp³-hybridized carbons (Fsp3) is 0.250. The van der Waals surface area contributed by atoms with Crippen LogP contribution in [0.2, 0.25) is 0 Å². The molecule has 5 N–H and O–H groups in total.